The van der Waals surface area contributed by atoms with Crippen LogP contribution in [0.25, 0.3) is 0 Å². The van der Waals surface area contributed by atoms with Crippen molar-refractivity contribution in [3.63, 3.8) is 0 Å². The topological polar surface area (TPSA) is 64.6 Å². The van der Waals surface area contributed by atoms with Gasteiger partial charge in [-0.05, 0) is 36.4 Å². The van der Waals surface area contributed by atoms with Crippen LogP contribution < -0.4 is 14.2 Å². The maximum Gasteiger partial charge on any atom is 0.240 e. The number of methoxy groups -OCH3 is 2. The largest absolute Gasteiger partial charge is 0.493 e. The highest BCUT2D eigenvalue weighted by molar-refractivity contribution is 7.89. The zero-order valence-corrected chi connectivity index (χ0v) is 16.8. The SMILES string of the molecule is COc1ccc(S(=O)(=O)NCC2(c3cccs3)CCCCC2)cc1OC. The van der Waals surface area contributed by atoms with Gasteiger partial charge in [-0.3, -0.25) is 0 Å². The highest BCUT2D eigenvalue weighted by atomic mass is 32.2. The average molecular weight is 396 g/mol. The van der Waals surface area contributed by atoms with Crippen molar-refractivity contribution in [3.8, 4) is 11.5 Å². The fourth-order valence-corrected chi connectivity index (χ4v) is 5.75. The molecule has 0 saturated heterocycles. The summed E-state index contributed by atoms with van der Waals surface area (Å²) in [6.45, 7) is 0.421. The molecule has 0 unspecified atom stereocenters. The van der Waals surface area contributed by atoms with Gasteiger partial charge in [-0.2, -0.15) is 0 Å². The van der Waals surface area contributed by atoms with Crippen molar-refractivity contribution < 1.29 is 17.9 Å². The molecule has 0 spiro atoms. The fraction of sp³-hybridized carbons (Fsp3) is 0.474. The first-order valence-electron chi connectivity index (χ1n) is 8.76. The Kier molecular flexibility index (Phi) is 5.89. The molecule has 7 heteroatoms. The van der Waals surface area contributed by atoms with Gasteiger partial charge < -0.3 is 9.47 Å². The van der Waals surface area contributed by atoms with Crippen LogP contribution in [0.5, 0.6) is 11.5 Å². The van der Waals surface area contributed by atoms with Gasteiger partial charge in [-0.15, -0.1) is 11.3 Å². The third-order valence-corrected chi connectivity index (χ3v) is 7.64. The molecular formula is C19H25NO4S2. The lowest BCUT2D eigenvalue weighted by Crippen LogP contribution is -2.41. The van der Waals surface area contributed by atoms with Gasteiger partial charge >= 0.3 is 0 Å². The van der Waals surface area contributed by atoms with Crippen molar-refractivity contribution in [2.24, 2.45) is 0 Å². The van der Waals surface area contributed by atoms with Crippen LogP contribution in [0.15, 0.2) is 40.6 Å². The van der Waals surface area contributed by atoms with Crippen molar-refractivity contribution in [3.05, 3.63) is 40.6 Å². The van der Waals surface area contributed by atoms with E-state index in [1.165, 1.54) is 31.6 Å². The maximum atomic E-state index is 12.9. The second-order valence-corrected chi connectivity index (χ2v) is 9.37. The molecule has 0 radical (unpaired) electrons. The smallest absolute Gasteiger partial charge is 0.240 e. The molecule has 0 bridgehead atoms. The lowest BCUT2D eigenvalue weighted by Gasteiger charge is -2.36. The van der Waals surface area contributed by atoms with E-state index in [1.807, 2.05) is 6.07 Å². The number of sulfonamides is 1. The zero-order valence-electron chi connectivity index (χ0n) is 15.2. The third-order valence-electron chi connectivity index (χ3n) is 5.12. The minimum Gasteiger partial charge on any atom is -0.493 e. The Labute approximate surface area is 159 Å². The molecule has 0 amide bonds. The first-order valence-corrected chi connectivity index (χ1v) is 11.1. The molecule has 0 aliphatic heterocycles. The summed E-state index contributed by atoms with van der Waals surface area (Å²) < 4.78 is 39.0. The minimum atomic E-state index is -3.63. The van der Waals surface area contributed by atoms with Crippen molar-refractivity contribution in [1.29, 1.82) is 0 Å². The molecule has 142 valence electrons. The van der Waals surface area contributed by atoms with Gasteiger partial charge in [0.15, 0.2) is 11.5 Å². The van der Waals surface area contributed by atoms with Gasteiger partial charge in [0.25, 0.3) is 0 Å². The van der Waals surface area contributed by atoms with E-state index < -0.39 is 10.0 Å². The van der Waals surface area contributed by atoms with E-state index >= 15 is 0 Å². The Morgan fingerprint density at radius 2 is 1.81 bits per heavy atom. The summed E-state index contributed by atoms with van der Waals surface area (Å²) in [5.41, 5.74) is -0.101. The molecular weight excluding hydrogens is 370 g/mol. The van der Waals surface area contributed by atoms with Crippen LogP contribution >= 0.6 is 11.3 Å². The standard InChI is InChI=1S/C19H25NO4S2/c1-23-16-9-8-15(13-17(16)24-2)26(21,22)20-14-19(10-4-3-5-11-19)18-7-6-12-25-18/h6-9,12-13,20H,3-5,10-11,14H2,1-2H3. The molecule has 1 aromatic heterocycles. The third kappa shape index (κ3) is 3.89. The van der Waals surface area contributed by atoms with E-state index in [-0.39, 0.29) is 10.3 Å². The van der Waals surface area contributed by atoms with Crippen LogP contribution in [0.1, 0.15) is 37.0 Å². The van der Waals surface area contributed by atoms with E-state index in [9.17, 15) is 8.42 Å². The van der Waals surface area contributed by atoms with Gasteiger partial charge in [-0.25, -0.2) is 13.1 Å². The summed E-state index contributed by atoms with van der Waals surface area (Å²) in [6, 6.07) is 8.82. The summed E-state index contributed by atoms with van der Waals surface area (Å²) in [4.78, 5) is 1.46. The Balaban J connectivity index is 1.82. The fourth-order valence-electron chi connectivity index (χ4n) is 3.62. The van der Waals surface area contributed by atoms with Crippen LogP contribution in [-0.4, -0.2) is 29.2 Å². The number of ether oxygens (including phenoxy) is 2. The van der Waals surface area contributed by atoms with Crippen LogP contribution in [0, 0.1) is 0 Å². The molecule has 3 rings (SSSR count). The predicted octanol–water partition coefficient (Wildman–Crippen LogP) is 3.95. The lowest BCUT2D eigenvalue weighted by atomic mass is 9.73. The molecule has 5 nitrogen and oxygen atoms in total. The van der Waals surface area contributed by atoms with E-state index in [4.69, 9.17) is 9.47 Å². The molecule has 1 fully saturated rings. The Morgan fingerprint density at radius 3 is 2.42 bits per heavy atom. The Morgan fingerprint density at radius 1 is 1.08 bits per heavy atom. The molecule has 26 heavy (non-hydrogen) atoms. The van der Waals surface area contributed by atoms with Gasteiger partial charge in [0.05, 0.1) is 19.1 Å². The molecule has 1 heterocycles. The van der Waals surface area contributed by atoms with Gasteiger partial charge in [0.2, 0.25) is 10.0 Å². The van der Waals surface area contributed by atoms with Crippen LogP contribution in [-0.2, 0) is 15.4 Å². The normalized spacial score (nSPS) is 17.0. The molecule has 1 saturated carbocycles. The monoisotopic (exact) mass is 395 g/mol. The second kappa shape index (κ2) is 7.98. The molecule has 1 aliphatic rings. The van der Waals surface area contributed by atoms with Crippen LogP contribution in [0.4, 0.5) is 0 Å². The summed E-state index contributed by atoms with van der Waals surface area (Å²) >= 11 is 1.71. The number of rotatable bonds is 7. The number of benzene rings is 1. The first-order chi connectivity index (χ1) is 12.5. The summed E-state index contributed by atoms with van der Waals surface area (Å²) in [6.07, 6.45) is 5.52. The Bertz CT molecular complexity index is 825. The molecule has 2 aromatic rings. The molecule has 0 atom stereocenters. The lowest BCUT2D eigenvalue weighted by molar-refractivity contribution is 0.298. The number of hydrogen-bond acceptors (Lipinski definition) is 5. The molecule has 1 aromatic carbocycles. The number of nitrogens with one attached hydrogen (secondary N) is 1. The van der Waals surface area contributed by atoms with E-state index in [0.717, 1.165) is 25.7 Å². The van der Waals surface area contributed by atoms with E-state index in [0.29, 0.717) is 18.0 Å². The van der Waals surface area contributed by atoms with Crippen molar-refractivity contribution in [1.82, 2.24) is 4.72 Å². The molecule has 1 N–H and O–H groups in total. The highest BCUT2D eigenvalue weighted by Crippen LogP contribution is 2.41. The van der Waals surface area contributed by atoms with Crippen molar-refractivity contribution in [2.75, 3.05) is 20.8 Å². The highest BCUT2D eigenvalue weighted by Gasteiger charge is 2.36. The van der Waals surface area contributed by atoms with Gasteiger partial charge in [0, 0.05) is 22.9 Å². The molecule has 1 aliphatic carbocycles. The van der Waals surface area contributed by atoms with Crippen LogP contribution in [0.3, 0.4) is 0 Å². The first kappa shape index (κ1) is 19.2. The van der Waals surface area contributed by atoms with E-state index in [2.05, 4.69) is 16.2 Å². The van der Waals surface area contributed by atoms with Gasteiger partial charge in [-0.1, -0.05) is 25.3 Å². The maximum absolute atomic E-state index is 12.9. The van der Waals surface area contributed by atoms with Crippen molar-refractivity contribution >= 4 is 21.4 Å². The summed E-state index contributed by atoms with van der Waals surface area (Å²) in [5, 5.41) is 2.06. The average Bonchev–Trinajstić information content (AvgIpc) is 3.22. The predicted molar refractivity (Wildman–Crippen MR) is 104 cm³/mol. The second-order valence-electron chi connectivity index (χ2n) is 6.66. The van der Waals surface area contributed by atoms with E-state index in [1.54, 1.807) is 23.5 Å². The van der Waals surface area contributed by atoms with Gasteiger partial charge in [0.1, 0.15) is 0 Å². The van der Waals surface area contributed by atoms with Crippen LogP contribution in [0.2, 0.25) is 0 Å². The Hall–Kier alpha value is -1.57. The number of thiophene rings is 1. The summed E-state index contributed by atoms with van der Waals surface area (Å²) in [5.74, 6) is 0.912. The summed E-state index contributed by atoms with van der Waals surface area (Å²) in [7, 11) is -0.606. The minimum absolute atomic E-state index is 0.101. The quantitative estimate of drug-likeness (QED) is 0.771. The zero-order chi connectivity index (χ0) is 18.6. The van der Waals surface area contributed by atoms with Crippen molar-refractivity contribution in [2.45, 2.75) is 42.4 Å². The number of hydrogen-bond donors (Lipinski definition) is 1.